The predicted molar refractivity (Wildman–Crippen MR) is 145 cm³/mol. The van der Waals surface area contributed by atoms with Crippen molar-refractivity contribution in [2.45, 2.75) is 60.1 Å². The lowest BCUT2D eigenvalue weighted by molar-refractivity contribution is 0.00695. The van der Waals surface area contributed by atoms with Gasteiger partial charge in [0, 0.05) is 16.0 Å². The third-order valence-corrected chi connectivity index (χ3v) is 7.51. The molecule has 0 aliphatic carbocycles. The maximum absolute atomic E-state index is 12.7. The average molecular weight is 499 g/mol. The van der Waals surface area contributed by atoms with Crippen molar-refractivity contribution in [2.75, 3.05) is 0 Å². The number of aliphatic imine (C=N–C) groups is 1. The highest BCUT2D eigenvalue weighted by Gasteiger charge is 2.29. The number of thiophene rings is 1. The summed E-state index contributed by atoms with van der Waals surface area (Å²) in [5.74, 6) is 1.39. The minimum absolute atomic E-state index is 0.139. The quantitative estimate of drug-likeness (QED) is 0.292. The Bertz CT molecular complexity index is 1520. The summed E-state index contributed by atoms with van der Waals surface area (Å²) in [6.07, 6.45) is 0. The maximum atomic E-state index is 12.7. The summed E-state index contributed by atoms with van der Waals surface area (Å²) in [4.78, 5) is 19.1. The van der Waals surface area contributed by atoms with Gasteiger partial charge in [0.2, 0.25) is 0 Å². The zero-order chi connectivity index (χ0) is 25.8. The van der Waals surface area contributed by atoms with Crippen molar-refractivity contribution in [3.05, 3.63) is 87.3 Å². The molecule has 5 rings (SSSR count). The van der Waals surface area contributed by atoms with Gasteiger partial charge in [0.15, 0.2) is 5.82 Å². The molecule has 1 aliphatic heterocycles. The molecule has 0 saturated carbocycles. The van der Waals surface area contributed by atoms with E-state index in [-0.39, 0.29) is 12.0 Å². The van der Waals surface area contributed by atoms with Crippen LogP contribution in [0.3, 0.4) is 0 Å². The highest BCUT2D eigenvalue weighted by atomic mass is 32.1. The van der Waals surface area contributed by atoms with Gasteiger partial charge in [0.05, 0.1) is 11.3 Å². The number of aromatic nitrogens is 3. The van der Waals surface area contributed by atoms with E-state index < -0.39 is 5.60 Å². The molecule has 0 radical (unpaired) electrons. The third kappa shape index (κ3) is 4.28. The second kappa shape index (κ2) is 8.82. The first kappa shape index (κ1) is 24.1. The molecule has 0 spiro atoms. The van der Waals surface area contributed by atoms with Gasteiger partial charge in [-0.25, -0.2) is 4.79 Å². The summed E-state index contributed by atoms with van der Waals surface area (Å²) < 4.78 is 7.72. The second-order valence-corrected chi connectivity index (χ2v) is 11.4. The van der Waals surface area contributed by atoms with Crippen molar-refractivity contribution >= 4 is 23.0 Å². The molecule has 1 unspecified atom stereocenters. The summed E-state index contributed by atoms with van der Waals surface area (Å²) >= 11 is 1.75. The molecular formula is C29H30N4O2S. The predicted octanol–water partition coefficient (Wildman–Crippen LogP) is 6.79. The molecule has 184 valence electrons. The molecule has 0 amide bonds. The monoisotopic (exact) mass is 498 g/mol. The molecule has 4 aromatic rings. The Balaban J connectivity index is 1.60. The summed E-state index contributed by atoms with van der Waals surface area (Å²) in [5, 5.41) is 9.90. The summed E-state index contributed by atoms with van der Waals surface area (Å²) in [7, 11) is 0. The Labute approximate surface area is 215 Å². The number of rotatable bonds is 3. The lowest BCUT2D eigenvalue weighted by Crippen LogP contribution is -2.23. The SMILES string of the molecule is Cc1sc2c(c1C)C(c1cccc(-c3cccc(C(=O)OC(C)(C)C)c3)c1)=NC(C)c1nnc(C)n1-2. The van der Waals surface area contributed by atoms with Crippen molar-refractivity contribution in [1.82, 2.24) is 14.8 Å². The van der Waals surface area contributed by atoms with Crippen LogP contribution in [0.4, 0.5) is 0 Å². The number of ether oxygens (including phenoxy) is 1. The van der Waals surface area contributed by atoms with Crippen molar-refractivity contribution in [2.24, 2.45) is 4.99 Å². The summed E-state index contributed by atoms with van der Waals surface area (Å²) in [6, 6.07) is 15.8. The van der Waals surface area contributed by atoms with Crippen LogP contribution in [0, 0.1) is 20.8 Å². The normalized spacial score (nSPS) is 15.1. The van der Waals surface area contributed by atoms with E-state index in [0.717, 1.165) is 44.6 Å². The van der Waals surface area contributed by atoms with Crippen LogP contribution in [0.2, 0.25) is 0 Å². The molecular weight excluding hydrogens is 468 g/mol. The van der Waals surface area contributed by atoms with E-state index in [1.54, 1.807) is 17.4 Å². The molecule has 0 N–H and O–H groups in total. The molecule has 7 heteroatoms. The van der Waals surface area contributed by atoms with Crippen LogP contribution >= 0.6 is 11.3 Å². The topological polar surface area (TPSA) is 69.4 Å². The van der Waals surface area contributed by atoms with Crippen LogP contribution in [0.15, 0.2) is 53.5 Å². The third-order valence-electron chi connectivity index (χ3n) is 6.32. The Morgan fingerprint density at radius 3 is 2.36 bits per heavy atom. The largest absolute Gasteiger partial charge is 0.456 e. The van der Waals surface area contributed by atoms with Crippen LogP contribution in [0.5, 0.6) is 0 Å². The fraction of sp³-hybridized carbons (Fsp3) is 0.310. The number of hydrogen-bond donors (Lipinski definition) is 0. The number of aryl methyl sites for hydroxylation is 2. The van der Waals surface area contributed by atoms with Gasteiger partial charge in [0.25, 0.3) is 0 Å². The average Bonchev–Trinajstić information content (AvgIpc) is 3.31. The van der Waals surface area contributed by atoms with E-state index in [4.69, 9.17) is 9.73 Å². The van der Waals surface area contributed by atoms with Crippen LogP contribution in [0.25, 0.3) is 16.1 Å². The fourth-order valence-corrected chi connectivity index (χ4v) is 5.70. The van der Waals surface area contributed by atoms with Crippen molar-refractivity contribution in [3.63, 3.8) is 0 Å². The van der Waals surface area contributed by atoms with Gasteiger partial charge in [-0.1, -0.05) is 30.3 Å². The number of carbonyl (C=O) groups is 1. The number of fused-ring (bicyclic) bond motifs is 3. The van der Waals surface area contributed by atoms with E-state index in [9.17, 15) is 4.79 Å². The molecule has 1 aliphatic rings. The van der Waals surface area contributed by atoms with E-state index in [0.29, 0.717) is 5.56 Å². The molecule has 3 heterocycles. The van der Waals surface area contributed by atoms with Crippen LogP contribution in [-0.2, 0) is 4.74 Å². The van der Waals surface area contributed by atoms with E-state index in [1.807, 2.05) is 52.0 Å². The number of benzene rings is 2. The van der Waals surface area contributed by atoms with Gasteiger partial charge < -0.3 is 4.74 Å². The number of nitrogens with zero attached hydrogens (tertiary/aromatic N) is 4. The van der Waals surface area contributed by atoms with E-state index in [1.165, 1.54) is 10.4 Å². The van der Waals surface area contributed by atoms with Gasteiger partial charge in [-0.3, -0.25) is 9.56 Å². The van der Waals surface area contributed by atoms with Gasteiger partial charge in [-0.2, -0.15) is 0 Å². The lowest BCUT2D eigenvalue weighted by atomic mass is 9.95. The van der Waals surface area contributed by atoms with Crippen molar-refractivity contribution in [3.8, 4) is 16.1 Å². The Morgan fingerprint density at radius 2 is 1.64 bits per heavy atom. The smallest absolute Gasteiger partial charge is 0.338 e. The van der Waals surface area contributed by atoms with Gasteiger partial charge in [0.1, 0.15) is 22.5 Å². The molecule has 0 fully saturated rings. The molecule has 1 atom stereocenters. The number of carbonyl (C=O) groups excluding carboxylic acids is 1. The maximum Gasteiger partial charge on any atom is 0.338 e. The Kier molecular flexibility index (Phi) is 5.91. The Hall–Kier alpha value is -3.58. The highest BCUT2D eigenvalue weighted by molar-refractivity contribution is 7.15. The first-order valence-electron chi connectivity index (χ1n) is 12.1. The number of esters is 1. The Morgan fingerprint density at radius 1 is 0.972 bits per heavy atom. The van der Waals surface area contributed by atoms with Gasteiger partial charge >= 0.3 is 5.97 Å². The summed E-state index contributed by atoms with van der Waals surface area (Å²) in [6.45, 7) is 14.0. The molecule has 0 bridgehead atoms. The van der Waals surface area contributed by atoms with Crippen molar-refractivity contribution < 1.29 is 9.53 Å². The first-order valence-corrected chi connectivity index (χ1v) is 12.9. The van der Waals surface area contributed by atoms with E-state index in [2.05, 4.69) is 53.7 Å². The molecule has 6 nitrogen and oxygen atoms in total. The first-order chi connectivity index (χ1) is 17.0. The zero-order valence-corrected chi connectivity index (χ0v) is 22.5. The minimum atomic E-state index is -0.544. The minimum Gasteiger partial charge on any atom is -0.456 e. The standard InChI is InChI=1S/C29H30N4O2S/c1-16-18(3)36-27-24(16)25(30-17(2)26-32-31-19(4)33(26)27)22-12-8-10-20(14-22)21-11-9-13-23(15-21)28(34)35-29(5,6)7/h8-15,17H,1-7H3. The molecule has 2 aromatic heterocycles. The second-order valence-electron chi connectivity index (χ2n) is 10.2. The highest BCUT2D eigenvalue weighted by Crippen LogP contribution is 2.39. The van der Waals surface area contributed by atoms with Crippen LogP contribution in [0.1, 0.15) is 77.3 Å². The van der Waals surface area contributed by atoms with Gasteiger partial charge in [-0.15, -0.1) is 21.5 Å². The van der Waals surface area contributed by atoms with Gasteiger partial charge in [-0.05, 0) is 83.4 Å². The van der Waals surface area contributed by atoms with Crippen LogP contribution in [-0.4, -0.2) is 32.0 Å². The number of hydrogen-bond acceptors (Lipinski definition) is 6. The van der Waals surface area contributed by atoms with Crippen LogP contribution < -0.4 is 0 Å². The van der Waals surface area contributed by atoms with Crippen molar-refractivity contribution in [1.29, 1.82) is 0 Å². The molecule has 2 aromatic carbocycles. The fourth-order valence-electron chi connectivity index (χ4n) is 4.49. The molecule has 0 saturated heterocycles. The van der Waals surface area contributed by atoms with E-state index >= 15 is 0 Å². The lowest BCUT2D eigenvalue weighted by Gasteiger charge is -2.19. The molecule has 36 heavy (non-hydrogen) atoms. The zero-order valence-electron chi connectivity index (χ0n) is 21.7. The summed E-state index contributed by atoms with van der Waals surface area (Å²) in [5.41, 5.74) is 6.29.